The van der Waals surface area contributed by atoms with Crippen molar-refractivity contribution >= 4 is 0 Å². The Morgan fingerprint density at radius 3 is 2.22 bits per heavy atom. The predicted molar refractivity (Wildman–Crippen MR) is 62.6 cm³/mol. The van der Waals surface area contributed by atoms with Crippen molar-refractivity contribution in [1.82, 2.24) is 0 Å². The van der Waals surface area contributed by atoms with E-state index in [1.165, 1.54) is 0 Å². The second-order valence-corrected chi connectivity index (χ2v) is 5.31. The molecule has 1 aromatic carbocycles. The molecule has 3 nitrogen and oxygen atoms in total. The first-order valence-electron chi connectivity index (χ1n) is 5.74. The molecule has 0 aliphatic carbocycles. The molecular formula is C14H17LiO3. The molecule has 0 bridgehead atoms. The van der Waals surface area contributed by atoms with Crippen LogP contribution in [0.4, 0.5) is 0 Å². The number of hydrogen-bond acceptors (Lipinski definition) is 3. The molecule has 0 saturated heterocycles. The van der Waals surface area contributed by atoms with Crippen molar-refractivity contribution in [1.29, 1.82) is 0 Å². The van der Waals surface area contributed by atoms with E-state index in [1.54, 1.807) is 0 Å². The fourth-order valence-corrected chi connectivity index (χ4v) is 1.61. The van der Waals surface area contributed by atoms with Gasteiger partial charge in [0.2, 0.25) is 0 Å². The summed E-state index contributed by atoms with van der Waals surface area (Å²) in [4.78, 5) is 0. The third-order valence-electron chi connectivity index (χ3n) is 2.61. The van der Waals surface area contributed by atoms with Crippen LogP contribution in [0.15, 0.2) is 42.0 Å². The van der Waals surface area contributed by atoms with Gasteiger partial charge in [0.25, 0.3) is 0 Å². The van der Waals surface area contributed by atoms with Gasteiger partial charge >= 0.3 is 18.9 Å². The Hall–Kier alpha value is -1.04. The molecule has 1 aliphatic rings. The first-order chi connectivity index (χ1) is 7.97. The summed E-state index contributed by atoms with van der Waals surface area (Å²) in [6, 6.07) is 9.76. The molecular weight excluding hydrogens is 223 g/mol. The van der Waals surface area contributed by atoms with E-state index >= 15 is 0 Å². The van der Waals surface area contributed by atoms with Crippen molar-refractivity contribution in [3.63, 3.8) is 0 Å². The zero-order chi connectivity index (χ0) is 12.5. The molecule has 4 heteroatoms. The molecule has 0 unspecified atom stereocenters. The smallest absolute Gasteiger partial charge is 0.574 e. The predicted octanol–water partition coefficient (Wildman–Crippen LogP) is -0.818. The number of allylic oxidation sites excluding steroid dienone is 1. The summed E-state index contributed by atoms with van der Waals surface area (Å²) < 4.78 is 10.8. The second kappa shape index (κ2) is 5.73. The first-order valence-corrected chi connectivity index (χ1v) is 5.74. The summed E-state index contributed by atoms with van der Waals surface area (Å²) in [5, 5.41) is 11.7. The van der Waals surface area contributed by atoms with Crippen LogP contribution in [0.3, 0.4) is 0 Å². The third-order valence-corrected chi connectivity index (χ3v) is 2.61. The Labute approximate surface area is 120 Å². The molecule has 0 amide bonds. The van der Waals surface area contributed by atoms with Gasteiger partial charge in [0.1, 0.15) is 5.76 Å². The van der Waals surface area contributed by atoms with E-state index in [0.717, 1.165) is 5.56 Å². The minimum Gasteiger partial charge on any atom is -0.574 e. The molecule has 92 valence electrons. The minimum atomic E-state index is -0.478. The maximum Gasteiger partial charge on any atom is 1.00 e. The van der Waals surface area contributed by atoms with Gasteiger partial charge in [-0.2, -0.15) is 0 Å². The van der Waals surface area contributed by atoms with E-state index in [0.29, 0.717) is 12.2 Å². The van der Waals surface area contributed by atoms with E-state index < -0.39 is 6.29 Å². The summed E-state index contributed by atoms with van der Waals surface area (Å²) in [6.07, 6.45) is 0.0143. The Kier molecular flexibility index (Phi) is 4.78. The quantitative estimate of drug-likeness (QED) is 0.634. The van der Waals surface area contributed by atoms with E-state index in [-0.39, 0.29) is 30.2 Å². The van der Waals surface area contributed by atoms with Crippen LogP contribution in [-0.2, 0) is 15.9 Å². The molecule has 0 saturated carbocycles. The normalized spacial score (nSPS) is 18.9. The van der Waals surface area contributed by atoms with E-state index in [4.69, 9.17) is 9.47 Å². The van der Waals surface area contributed by atoms with Crippen LogP contribution in [-0.4, -0.2) is 6.29 Å². The molecule has 1 aliphatic heterocycles. The summed E-state index contributed by atoms with van der Waals surface area (Å²) >= 11 is 0. The Balaban J connectivity index is 0.00000162. The monoisotopic (exact) mass is 240 g/mol. The van der Waals surface area contributed by atoms with Crippen molar-refractivity contribution in [2.75, 3.05) is 0 Å². The molecule has 0 radical (unpaired) electrons. The van der Waals surface area contributed by atoms with E-state index in [9.17, 15) is 5.11 Å². The van der Waals surface area contributed by atoms with Crippen molar-refractivity contribution in [3.8, 4) is 0 Å². The van der Waals surface area contributed by atoms with Crippen molar-refractivity contribution in [3.05, 3.63) is 47.6 Å². The number of benzene rings is 1. The summed E-state index contributed by atoms with van der Waals surface area (Å²) in [6.45, 7) is 5.95. The molecule has 18 heavy (non-hydrogen) atoms. The number of hydrogen-bond donors (Lipinski definition) is 0. The largest absolute Gasteiger partial charge is 1.00 e. The zero-order valence-electron chi connectivity index (χ0n) is 11.4. The van der Waals surface area contributed by atoms with Gasteiger partial charge in [-0.1, -0.05) is 51.1 Å². The number of rotatable bonds is 2. The second-order valence-electron chi connectivity index (χ2n) is 5.31. The fourth-order valence-electron chi connectivity index (χ4n) is 1.61. The Morgan fingerprint density at radius 1 is 1.11 bits per heavy atom. The van der Waals surface area contributed by atoms with Crippen molar-refractivity contribution in [2.45, 2.75) is 33.5 Å². The van der Waals surface area contributed by atoms with Gasteiger partial charge in [-0.25, -0.2) is 0 Å². The summed E-state index contributed by atoms with van der Waals surface area (Å²) in [5.74, 6) is 0.0601. The molecule has 0 aromatic heterocycles. The molecule has 1 heterocycles. The molecule has 0 fully saturated rings. The van der Waals surface area contributed by atoms with Gasteiger partial charge in [-0.15, -0.1) is 0 Å². The van der Waals surface area contributed by atoms with Crippen molar-refractivity contribution in [2.24, 2.45) is 5.41 Å². The molecule has 2 rings (SSSR count). The molecule has 1 atom stereocenters. The van der Waals surface area contributed by atoms with Gasteiger partial charge in [0.05, 0.1) is 5.95 Å². The van der Waals surface area contributed by atoms with E-state index in [1.807, 2.05) is 51.1 Å². The SMILES string of the molecule is CC(C)(C)[C@@H]1OC([O-])=C(Cc2ccccc2)O1.[Li+]. The maximum absolute atomic E-state index is 11.7. The fraction of sp³-hybridized carbons (Fsp3) is 0.429. The average Bonchev–Trinajstić information content (AvgIpc) is 2.62. The minimum absolute atomic E-state index is 0. The van der Waals surface area contributed by atoms with Crippen molar-refractivity contribution < 1.29 is 33.4 Å². The van der Waals surface area contributed by atoms with Crippen LogP contribution < -0.4 is 24.0 Å². The van der Waals surface area contributed by atoms with Crippen LogP contribution in [0.25, 0.3) is 0 Å². The summed E-state index contributed by atoms with van der Waals surface area (Å²) in [7, 11) is 0. The molecule has 1 aromatic rings. The van der Waals surface area contributed by atoms with Gasteiger partial charge < -0.3 is 14.6 Å². The Morgan fingerprint density at radius 2 is 1.72 bits per heavy atom. The third kappa shape index (κ3) is 3.47. The Bertz CT molecular complexity index is 420. The maximum atomic E-state index is 11.7. The molecule has 0 N–H and O–H groups in total. The van der Waals surface area contributed by atoms with Gasteiger partial charge in [0.15, 0.2) is 6.29 Å². The van der Waals surface area contributed by atoms with Crippen LogP contribution in [0, 0.1) is 5.41 Å². The van der Waals surface area contributed by atoms with Gasteiger partial charge in [0, 0.05) is 11.8 Å². The van der Waals surface area contributed by atoms with Gasteiger partial charge in [-0.05, 0) is 5.56 Å². The summed E-state index contributed by atoms with van der Waals surface area (Å²) in [5.41, 5.74) is 0.850. The van der Waals surface area contributed by atoms with Crippen LogP contribution >= 0.6 is 0 Å². The van der Waals surface area contributed by atoms with E-state index in [2.05, 4.69) is 0 Å². The average molecular weight is 240 g/mol. The first kappa shape index (κ1) is 15.0. The van der Waals surface area contributed by atoms with Crippen LogP contribution in [0.2, 0.25) is 0 Å². The van der Waals surface area contributed by atoms with Crippen LogP contribution in [0.1, 0.15) is 26.3 Å². The topological polar surface area (TPSA) is 41.5 Å². The van der Waals surface area contributed by atoms with Crippen LogP contribution in [0.5, 0.6) is 0 Å². The zero-order valence-corrected chi connectivity index (χ0v) is 11.4. The standard InChI is InChI=1S/C14H18O3.Li/c1-14(2,3)13-16-11(12(15)17-13)9-10-7-5-4-6-8-10;/h4-8,13,15H,9H2,1-3H3;/q;+1/p-1/t13-;/m0./s1. The number of ether oxygens (including phenoxy) is 2. The molecule has 0 spiro atoms. The van der Waals surface area contributed by atoms with Gasteiger partial charge in [-0.3, -0.25) is 0 Å².